The molecule has 1 N–H and O–H groups in total. The highest BCUT2D eigenvalue weighted by molar-refractivity contribution is 6.24. The predicted molar refractivity (Wildman–Crippen MR) is 94.0 cm³/mol. The van der Waals surface area contributed by atoms with E-state index in [4.69, 9.17) is 0 Å². The zero-order valence-corrected chi connectivity index (χ0v) is 13.2. The molecule has 2 aromatic rings. The molecule has 0 atom stereocenters. The molecule has 1 heterocycles. The van der Waals surface area contributed by atoms with Gasteiger partial charge in [-0.3, -0.25) is 9.59 Å². The zero-order chi connectivity index (χ0) is 16.5. The lowest BCUT2D eigenvalue weighted by molar-refractivity contribution is -0.118. The zero-order valence-electron chi connectivity index (χ0n) is 13.2. The molecule has 1 aliphatic carbocycles. The monoisotopic (exact) mass is 315 g/mol. The summed E-state index contributed by atoms with van der Waals surface area (Å²) >= 11 is 0. The molecule has 0 amide bonds. The van der Waals surface area contributed by atoms with Gasteiger partial charge in [-0.15, -0.1) is 0 Å². The molecule has 3 nitrogen and oxygen atoms in total. The summed E-state index contributed by atoms with van der Waals surface area (Å²) in [4.78, 5) is 25.3. The quantitative estimate of drug-likeness (QED) is 0.924. The Morgan fingerprint density at radius 3 is 1.96 bits per heavy atom. The van der Waals surface area contributed by atoms with Crippen molar-refractivity contribution in [3.63, 3.8) is 0 Å². The highest BCUT2D eigenvalue weighted by Crippen LogP contribution is 2.39. The van der Waals surface area contributed by atoms with Gasteiger partial charge in [0.05, 0.1) is 17.8 Å². The number of allylic oxidation sites excluding steroid dienone is 2. The van der Waals surface area contributed by atoms with Gasteiger partial charge in [0.15, 0.2) is 11.6 Å². The van der Waals surface area contributed by atoms with Crippen molar-refractivity contribution in [3.05, 3.63) is 82.9 Å². The summed E-state index contributed by atoms with van der Waals surface area (Å²) in [5.41, 5.74) is 4.91. The molecule has 0 saturated heterocycles. The molecule has 2 aliphatic rings. The summed E-state index contributed by atoms with van der Waals surface area (Å²) in [6, 6.07) is 19.7. The summed E-state index contributed by atoms with van der Waals surface area (Å²) < 4.78 is 0. The molecular formula is C21H17NO2. The summed E-state index contributed by atoms with van der Waals surface area (Å²) in [6.07, 6.45) is 1.06. The van der Waals surface area contributed by atoms with E-state index in [0.717, 1.165) is 22.4 Å². The third-order valence-electron chi connectivity index (χ3n) is 4.57. The van der Waals surface area contributed by atoms with Crippen LogP contribution in [0, 0.1) is 0 Å². The Morgan fingerprint density at radius 1 is 0.667 bits per heavy atom. The third-order valence-corrected chi connectivity index (χ3v) is 4.57. The van der Waals surface area contributed by atoms with Crippen molar-refractivity contribution >= 4 is 22.8 Å². The molecule has 0 fully saturated rings. The van der Waals surface area contributed by atoms with Crippen LogP contribution in [0.3, 0.4) is 0 Å². The SMILES string of the molecule is O=C1CNC(c2ccccc2)=C2C(=O)CCC(c3ccccc3)=C12. The predicted octanol–water partition coefficient (Wildman–Crippen LogP) is 3.39. The van der Waals surface area contributed by atoms with E-state index < -0.39 is 0 Å². The fourth-order valence-corrected chi connectivity index (χ4v) is 3.48. The second-order valence-corrected chi connectivity index (χ2v) is 6.04. The van der Waals surface area contributed by atoms with Gasteiger partial charge in [-0.2, -0.15) is 0 Å². The van der Waals surface area contributed by atoms with Crippen LogP contribution in [0.15, 0.2) is 71.8 Å². The number of nitrogens with one attached hydrogen (secondary N) is 1. The van der Waals surface area contributed by atoms with Crippen molar-refractivity contribution in [1.29, 1.82) is 0 Å². The van der Waals surface area contributed by atoms with Gasteiger partial charge < -0.3 is 5.32 Å². The highest BCUT2D eigenvalue weighted by Gasteiger charge is 2.35. The summed E-state index contributed by atoms with van der Waals surface area (Å²) in [5.74, 6) is 0.0423. The third kappa shape index (κ3) is 2.38. The fraction of sp³-hybridized carbons (Fsp3) is 0.143. The molecule has 0 spiro atoms. The normalized spacial score (nSPS) is 17.7. The van der Waals surface area contributed by atoms with Gasteiger partial charge >= 0.3 is 0 Å². The standard InChI is InChI=1S/C21H17NO2/c23-17-12-11-16(14-7-3-1-4-8-14)19-18(24)13-22-21(20(17)19)15-9-5-2-6-10-15/h1-10,22H,11-13H2. The average Bonchev–Trinajstić information content (AvgIpc) is 2.64. The summed E-state index contributed by atoms with van der Waals surface area (Å²) in [7, 11) is 0. The van der Waals surface area contributed by atoms with Crippen LogP contribution >= 0.6 is 0 Å². The number of hydrogen-bond acceptors (Lipinski definition) is 3. The van der Waals surface area contributed by atoms with Gasteiger partial charge in [0.2, 0.25) is 0 Å². The van der Waals surface area contributed by atoms with Gasteiger partial charge in [0.1, 0.15) is 0 Å². The van der Waals surface area contributed by atoms with Crippen LogP contribution in [0.2, 0.25) is 0 Å². The van der Waals surface area contributed by atoms with Crippen molar-refractivity contribution in [3.8, 4) is 0 Å². The molecular weight excluding hydrogens is 298 g/mol. The first kappa shape index (κ1) is 14.6. The number of carbonyl (C=O) groups excluding carboxylic acids is 2. The van der Waals surface area contributed by atoms with Crippen LogP contribution in [-0.4, -0.2) is 18.1 Å². The maximum absolute atomic E-state index is 12.7. The van der Waals surface area contributed by atoms with Gasteiger partial charge in [-0.25, -0.2) is 0 Å². The first-order valence-electron chi connectivity index (χ1n) is 8.14. The van der Waals surface area contributed by atoms with Gasteiger partial charge in [-0.1, -0.05) is 60.7 Å². The van der Waals surface area contributed by atoms with Gasteiger partial charge in [0, 0.05) is 12.0 Å². The number of ketones is 2. The Bertz CT molecular complexity index is 801. The highest BCUT2D eigenvalue weighted by atomic mass is 16.1. The minimum atomic E-state index is -0.00316. The number of hydrogen-bond donors (Lipinski definition) is 1. The smallest absolute Gasteiger partial charge is 0.182 e. The van der Waals surface area contributed by atoms with Crippen molar-refractivity contribution in [2.75, 3.05) is 6.54 Å². The van der Waals surface area contributed by atoms with Crippen LogP contribution in [0.1, 0.15) is 24.0 Å². The number of benzene rings is 2. The molecule has 24 heavy (non-hydrogen) atoms. The lowest BCUT2D eigenvalue weighted by Crippen LogP contribution is -2.35. The molecule has 3 heteroatoms. The lowest BCUT2D eigenvalue weighted by Gasteiger charge is -2.29. The van der Waals surface area contributed by atoms with Gasteiger partial charge in [0.25, 0.3) is 0 Å². The Labute approximate surface area is 140 Å². The Morgan fingerprint density at radius 2 is 1.29 bits per heavy atom. The van der Waals surface area contributed by atoms with E-state index in [2.05, 4.69) is 5.32 Å². The second-order valence-electron chi connectivity index (χ2n) is 6.04. The first-order chi connectivity index (χ1) is 11.8. The maximum Gasteiger partial charge on any atom is 0.182 e. The number of carbonyl (C=O) groups is 2. The van der Waals surface area contributed by atoms with Crippen molar-refractivity contribution in [1.82, 2.24) is 5.32 Å². The Hall–Kier alpha value is -2.94. The molecule has 0 unspecified atom stereocenters. The molecule has 0 bridgehead atoms. The van der Waals surface area contributed by atoms with E-state index in [0.29, 0.717) is 24.0 Å². The molecule has 0 saturated carbocycles. The summed E-state index contributed by atoms with van der Waals surface area (Å²) in [5, 5.41) is 3.16. The molecule has 4 rings (SSSR count). The minimum Gasteiger partial charge on any atom is -0.376 e. The van der Waals surface area contributed by atoms with Crippen molar-refractivity contribution < 1.29 is 9.59 Å². The molecule has 2 aromatic carbocycles. The lowest BCUT2D eigenvalue weighted by atomic mass is 9.78. The van der Waals surface area contributed by atoms with Crippen LogP contribution in [-0.2, 0) is 9.59 Å². The van der Waals surface area contributed by atoms with Crippen LogP contribution in [0.5, 0.6) is 0 Å². The van der Waals surface area contributed by atoms with E-state index >= 15 is 0 Å². The Balaban J connectivity index is 1.98. The maximum atomic E-state index is 12.7. The number of fused-ring (bicyclic) bond motifs is 1. The number of Topliss-reactive ketones (excluding diaryl/α,β-unsaturated/α-hetero) is 2. The van der Waals surface area contributed by atoms with Crippen LogP contribution in [0.25, 0.3) is 11.3 Å². The van der Waals surface area contributed by atoms with E-state index in [1.165, 1.54) is 0 Å². The Kier molecular flexibility index (Phi) is 3.62. The van der Waals surface area contributed by atoms with Crippen LogP contribution in [0.4, 0.5) is 0 Å². The average molecular weight is 315 g/mol. The molecule has 1 aliphatic heterocycles. The van der Waals surface area contributed by atoms with E-state index in [-0.39, 0.29) is 18.1 Å². The second kappa shape index (κ2) is 5.93. The van der Waals surface area contributed by atoms with Crippen LogP contribution < -0.4 is 5.32 Å². The molecule has 118 valence electrons. The summed E-state index contributed by atoms with van der Waals surface area (Å²) in [6.45, 7) is 0.229. The van der Waals surface area contributed by atoms with E-state index in [1.807, 2.05) is 60.7 Å². The van der Waals surface area contributed by atoms with Crippen molar-refractivity contribution in [2.45, 2.75) is 12.8 Å². The van der Waals surface area contributed by atoms with Crippen molar-refractivity contribution in [2.24, 2.45) is 0 Å². The van der Waals surface area contributed by atoms with E-state index in [9.17, 15) is 9.59 Å². The largest absolute Gasteiger partial charge is 0.376 e. The number of rotatable bonds is 2. The van der Waals surface area contributed by atoms with E-state index in [1.54, 1.807) is 0 Å². The van der Waals surface area contributed by atoms with Gasteiger partial charge in [-0.05, 0) is 23.1 Å². The minimum absolute atomic E-state index is 0.00316. The first-order valence-corrected chi connectivity index (χ1v) is 8.14. The topological polar surface area (TPSA) is 46.2 Å². The molecule has 0 radical (unpaired) electrons. The molecule has 0 aromatic heterocycles. The fourth-order valence-electron chi connectivity index (χ4n) is 3.48.